The van der Waals surface area contributed by atoms with Crippen molar-refractivity contribution in [3.8, 4) is 0 Å². The molecule has 96 valence electrons. The fourth-order valence-electron chi connectivity index (χ4n) is 2.35. The molecule has 5 nitrogen and oxygen atoms in total. The number of amides is 2. The van der Waals surface area contributed by atoms with Crippen molar-refractivity contribution >= 4 is 17.5 Å². The van der Waals surface area contributed by atoms with Gasteiger partial charge in [-0.15, -0.1) is 0 Å². The summed E-state index contributed by atoms with van der Waals surface area (Å²) in [6, 6.07) is 4.73. The van der Waals surface area contributed by atoms with Crippen LogP contribution in [0.3, 0.4) is 0 Å². The zero-order valence-electron chi connectivity index (χ0n) is 10.3. The molecular formula is C13H17N3O2. The average Bonchev–Trinajstić information content (AvgIpc) is 2.81. The second-order valence-electron chi connectivity index (χ2n) is 4.58. The van der Waals surface area contributed by atoms with Crippen LogP contribution in [-0.2, 0) is 4.79 Å². The molecular weight excluding hydrogens is 230 g/mol. The van der Waals surface area contributed by atoms with Crippen LogP contribution in [0.1, 0.15) is 28.8 Å². The first-order valence-corrected chi connectivity index (χ1v) is 5.97. The van der Waals surface area contributed by atoms with Crippen LogP contribution in [0.15, 0.2) is 18.2 Å². The molecule has 0 radical (unpaired) electrons. The number of primary amides is 1. The van der Waals surface area contributed by atoms with Gasteiger partial charge in [0.1, 0.15) is 6.04 Å². The van der Waals surface area contributed by atoms with Crippen molar-refractivity contribution < 1.29 is 9.59 Å². The maximum atomic E-state index is 12.4. The number of nitrogen functional groups attached to an aromatic ring is 1. The van der Waals surface area contributed by atoms with Crippen molar-refractivity contribution in [3.05, 3.63) is 29.3 Å². The first-order valence-electron chi connectivity index (χ1n) is 5.97. The Labute approximate surface area is 106 Å². The Bertz CT molecular complexity index is 499. The molecule has 1 unspecified atom stereocenters. The van der Waals surface area contributed by atoms with E-state index in [-0.39, 0.29) is 5.91 Å². The van der Waals surface area contributed by atoms with Gasteiger partial charge in [0.05, 0.1) is 0 Å². The van der Waals surface area contributed by atoms with Gasteiger partial charge in [-0.05, 0) is 37.5 Å². The van der Waals surface area contributed by atoms with Crippen LogP contribution in [-0.4, -0.2) is 29.3 Å². The molecule has 1 atom stereocenters. The minimum atomic E-state index is -0.488. The van der Waals surface area contributed by atoms with Crippen LogP contribution in [0.5, 0.6) is 0 Å². The minimum absolute atomic E-state index is 0.166. The lowest BCUT2D eigenvalue weighted by molar-refractivity contribution is -0.121. The quantitative estimate of drug-likeness (QED) is 0.752. The van der Waals surface area contributed by atoms with E-state index in [2.05, 4.69) is 0 Å². The van der Waals surface area contributed by atoms with Crippen LogP contribution in [0.2, 0.25) is 0 Å². The first kappa shape index (κ1) is 12.4. The largest absolute Gasteiger partial charge is 0.398 e. The fraction of sp³-hybridized carbons (Fsp3) is 0.385. The van der Waals surface area contributed by atoms with Crippen molar-refractivity contribution in [3.63, 3.8) is 0 Å². The Morgan fingerprint density at radius 3 is 2.78 bits per heavy atom. The summed E-state index contributed by atoms with van der Waals surface area (Å²) in [7, 11) is 0. The summed E-state index contributed by atoms with van der Waals surface area (Å²) in [5.41, 5.74) is 13.0. The van der Waals surface area contributed by atoms with Crippen LogP contribution in [0, 0.1) is 6.92 Å². The van der Waals surface area contributed by atoms with E-state index in [0.717, 1.165) is 12.0 Å². The number of rotatable bonds is 2. The molecule has 0 bridgehead atoms. The smallest absolute Gasteiger partial charge is 0.254 e. The molecule has 1 saturated heterocycles. The van der Waals surface area contributed by atoms with Crippen LogP contribution >= 0.6 is 0 Å². The van der Waals surface area contributed by atoms with Gasteiger partial charge in [-0.1, -0.05) is 6.07 Å². The highest BCUT2D eigenvalue weighted by molar-refractivity contribution is 5.99. The van der Waals surface area contributed by atoms with E-state index in [1.54, 1.807) is 30.0 Å². The molecule has 4 N–H and O–H groups in total. The number of carbonyl (C=O) groups excluding carboxylic acids is 2. The van der Waals surface area contributed by atoms with Gasteiger partial charge in [-0.25, -0.2) is 0 Å². The number of hydrogen-bond donors (Lipinski definition) is 2. The molecule has 1 aliphatic rings. The van der Waals surface area contributed by atoms with E-state index in [9.17, 15) is 9.59 Å². The number of hydrogen-bond acceptors (Lipinski definition) is 3. The van der Waals surface area contributed by atoms with Crippen LogP contribution < -0.4 is 11.5 Å². The Morgan fingerprint density at radius 2 is 2.11 bits per heavy atom. The molecule has 1 aromatic rings. The van der Waals surface area contributed by atoms with Crippen LogP contribution in [0.25, 0.3) is 0 Å². The number of benzene rings is 1. The molecule has 0 aromatic heterocycles. The molecule has 0 aliphatic carbocycles. The summed E-state index contributed by atoms with van der Waals surface area (Å²) >= 11 is 0. The Morgan fingerprint density at radius 1 is 1.39 bits per heavy atom. The third-order valence-electron chi connectivity index (χ3n) is 3.45. The third kappa shape index (κ3) is 2.03. The molecule has 2 amide bonds. The lowest BCUT2D eigenvalue weighted by Crippen LogP contribution is -2.43. The highest BCUT2D eigenvalue weighted by Gasteiger charge is 2.33. The molecule has 0 saturated carbocycles. The van der Waals surface area contributed by atoms with Crippen LogP contribution in [0.4, 0.5) is 5.69 Å². The summed E-state index contributed by atoms with van der Waals surface area (Å²) in [5.74, 6) is -0.608. The van der Waals surface area contributed by atoms with Crippen molar-refractivity contribution in [2.45, 2.75) is 25.8 Å². The third-order valence-corrected chi connectivity index (χ3v) is 3.45. The molecule has 0 spiro atoms. The highest BCUT2D eigenvalue weighted by atomic mass is 16.2. The van der Waals surface area contributed by atoms with Crippen molar-refractivity contribution in [2.75, 3.05) is 12.3 Å². The Hall–Kier alpha value is -2.04. The van der Waals surface area contributed by atoms with E-state index in [1.807, 2.05) is 0 Å². The minimum Gasteiger partial charge on any atom is -0.398 e. The van der Waals surface area contributed by atoms with Gasteiger partial charge in [-0.2, -0.15) is 0 Å². The topological polar surface area (TPSA) is 89.4 Å². The SMILES string of the molecule is Cc1c(N)cccc1C(=O)N1CCCC1C(N)=O. The Balaban J connectivity index is 2.31. The van der Waals surface area contributed by atoms with Crippen molar-refractivity contribution in [1.29, 1.82) is 0 Å². The second kappa shape index (κ2) is 4.68. The summed E-state index contributed by atoms with van der Waals surface area (Å²) in [4.78, 5) is 25.2. The maximum Gasteiger partial charge on any atom is 0.254 e. The standard InChI is InChI=1S/C13H17N3O2/c1-8-9(4-2-5-10(8)14)13(18)16-7-3-6-11(16)12(15)17/h2,4-5,11H,3,6-7,14H2,1H3,(H2,15,17). The normalized spacial score (nSPS) is 18.9. The fourth-order valence-corrected chi connectivity index (χ4v) is 2.35. The molecule has 18 heavy (non-hydrogen) atoms. The number of nitrogens with zero attached hydrogens (tertiary/aromatic N) is 1. The second-order valence-corrected chi connectivity index (χ2v) is 4.58. The average molecular weight is 247 g/mol. The van der Waals surface area contributed by atoms with Crippen molar-refractivity contribution in [1.82, 2.24) is 4.90 Å². The van der Waals surface area contributed by atoms with Gasteiger partial charge in [-0.3, -0.25) is 9.59 Å². The highest BCUT2D eigenvalue weighted by Crippen LogP contribution is 2.23. The molecule has 1 fully saturated rings. The van der Waals surface area contributed by atoms with Crippen molar-refractivity contribution in [2.24, 2.45) is 5.73 Å². The number of likely N-dealkylation sites (tertiary alicyclic amines) is 1. The predicted octanol–water partition coefficient (Wildman–Crippen LogP) is 0.667. The van der Waals surface area contributed by atoms with Gasteiger partial charge in [0.25, 0.3) is 5.91 Å². The van der Waals surface area contributed by atoms with Gasteiger partial charge in [0, 0.05) is 17.8 Å². The molecule has 1 heterocycles. The predicted molar refractivity (Wildman–Crippen MR) is 68.8 cm³/mol. The lowest BCUT2D eigenvalue weighted by atomic mass is 10.1. The summed E-state index contributed by atoms with van der Waals surface area (Å²) in [6.45, 7) is 2.37. The van der Waals surface area contributed by atoms with Gasteiger partial charge in [0.2, 0.25) is 5.91 Å². The van der Waals surface area contributed by atoms with E-state index >= 15 is 0 Å². The lowest BCUT2D eigenvalue weighted by Gasteiger charge is -2.23. The number of carbonyl (C=O) groups is 2. The maximum absolute atomic E-state index is 12.4. The zero-order valence-corrected chi connectivity index (χ0v) is 10.3. The summed E-state index contributed by atoms with van der Waals surface area (Å²) < 4.78 is 0. The van der Waals surface area contributed by atoms with E-state index < -0.39 is 11.9 Å². The first-order chi connectivity index (χ1) is 8.52. The van der Waals surface area contributed by atoms with Gasteiger partial charge in [0.15, 0.2) is 0 Å². The molecule has 1 aromatic carbocycles. The summed E-state index contributed by atoms with van der Waals surface area (Å²) in [6.07, 6.45) is 1.45. The van der Waals surface area contributed by atoms with Gasteiger partial charge < -0.3 is 16.4 Å². The monoisotopic (exact) mass is 247 g/mol. The zero-order chi connectivity index (χ0) is 13.3. The van der Waals surface area contributed by atoms with E-state index in [1.165, 1.54) is 0 Å². The molecule has 2 rings (SSSR count). The number of anilines is 1. The molecule has 1 aliphatic heterocycles. The molecule has 5 heteroatoms. The van der Waals surface area contributed by atoms with E-state index in [0.29, 0.717) is 24.2 Å². The number of nitrogens with two attached hydrogens (primary N) is 2. The van der Waals surface area contributed by atoms with E-state index in [4.69, 9.17) is 11.5 Å². The summed E-state index contributed by atoms with van der Waals surface area (Å²) in [5, 5.41) is 0. The Kier molecular flexibility index (Phi) is 3.23. The van der Waals surface area contributed by atoms with Gasteiger partial charge >= 0.3 is 0 Å².